The molecule has 192 valence electrons. The Morgan fingerprint density at radius 1 is 0.625 bits per heavy atom. The molecular formula is C28H56O4. The zero-order chi connectivity index (χ0) is 23.5. The van der Waals surface area contributed by atoms with Crippen molar-refractivity contribution in [1.82, 2.24) is 0 Å². The molecule has 1 atom stereocenters. The van der Waals surface area contributed by atoms with Crippen LogP contribution in [-0.2, 0) is 14.3 Å². The lowest BCUT2D eigenvalue weighted by Gasteiger charge is -2.14. The number of carbonyl (C=O) groups is 1. The molecule has 4 nitrogen and oxygen atoms in total. The van der Waals surface area contributed by atoms with Crippen molar-refractivity contribution in [3.05, 3.63) is 0 Å². The van der Waals surface area contributed by atoms with E-state index in [-0.39, 0.29) is 19.2 Å². The van der Waals surface area contributed by atoms with E-state index in [9.17, 15) is 4.79 Å². The Bertz CT molecular complexity index is 372. The predicted molar refractivity (Wildman–Crippen MR) is 136 cm³/mol. The molecule has 0 saturated heterocycles. The number of hydrogen-bond acceptors (Lipinski definition) is 4. The fraction of sp³-hybridized carbons (Fsp3) is 0.964. The van der Waals surface area contributed by atoms with Crippen LogP contribution in [0.1, 0.15) is 149 Å². The van der Waals surface area contributed by atoms with Crippen molar-refractivity contribution in [2.45, 2.75) is 155 Å². The van der Waals surface area contributed by atoms with E-state index in [0.29, 0.717) is 6.61 Å². The van der Waals surface area contributed by atoms with Gasteiger partial charge < -0.3 is 14.6 Å². The number of aliphatic hydroxyl groups is 1. The van der Waals surface area contributed by atoms with Gasteiger partial charge in [-0.2, -0.15) is 0 Å². The highest BCUT2D eigenvalue weighted by Crippen LogP contribution is 2.15. The van der Waals surface area contributed by atoms with Gasteiger partial charge in [-0.1, -0.05) is 135 Å². The molecular weight excluding hydrogens is 400 g/mol. The molecule has 0 aliphatic carbocycles. The van der Waals surface area contributed by atoms with E-state index >= 15 is 0 Å². The van der Waals surface area contributed by atoms with Gasteiger partial charge >= 0.3 is 5.97 Å². The van der Waals surface area contributed by atoms with Gasteiger partial charge in [-0.25, -0.2) is 0 Å². The number of aliphatic hydroxyl groups excluding tert-OH is 1. The summed E-state index contributed by atoms with van der Waals surface area (Å²) < 4.78 is 10.4. The van der Waals surface area contributed by atoms with Crippen LogP contribution in [-0.4, -0.2) is 37.0 Å². The second kappa shape index (κ2) is 26.6. The van der Waals surface area contributed by atoms with E-state index in [1.807, 2.05) is 0 Å². The van der Waals surface area contributed by atoms with Crippen LogP contribution in [0, 0.1) is 0 Å². The average Bonchev–Trinajstić information content (AvgIpc) is 2.78. The lowest BCUT2D eigenvalue weighted by atomic mass is 10.0. The van der Waals surface area contributed by atoms with E-state index in [1.165, 1.54) is 135 Å². The minimum Gasteiger partial charge on any atom is -0.458 e. The number of rotatable bonds is 26. The number of ether oxygens (including phenoxy) is 2. The molecule has 0 fully saturated rings. The molecule has 0 heterocycles. The van der Waals surface area contributed by atoms with Gasteiger partial charge in [0.05, 0.1) is 13.2 Å². The number of unbranched alkanes of at least 4 members (excludes halogenated alkanes) is 20. The Morgan fingerprint density at radius 3 is 1.28 bits per heavy atom. The monoisotopic (exact) mass is 456 g/mol. The van der Waals surface area contributed by atoms with Crippen LogP contribution in [0.5, 0.6) is 0 Å². The van der Waals surface area contributed by atoms with Crippen LogP contribution in [0.3, 0.4) is 0 Å². The highest BCUT2D eigenvalue weighted by Gasteiger charge is 2.10. The lowest BCUT2D eigenvalue weighted by molar-refractivity contribution is -0.152. The van der Waals surface area contributed by atoms with Crippen molar-refractivity contribution in [3.63, 3.8) is 0 Å². The summed E-state index contributed by atoms with van der Waals surface area (Å²) in [6.07, 6.45) is 28.6. The minimum absolute atomic E-state index is 0.182. The minimum atomic E-state index is -0.526. The fourth-order valence-corrected chi connectivity index (χ4v) is 4.21. The van der Waals surface area contributed by atoms with Crippen molar-refractivity contribution >= 4 is 5.97 Å². The zero-order valence-electron chi connectivity index (χ0n) is 21.7. The third-order valence-corrected chi connectivity index (χ3v) is 6.23. The molecule has 1 N–H and O–H groups in total. The van der Waals surface area contributed by atoms with Crippen molar-refractivity contribution in [2.24, 2.45) is 0 Å². The number of carbonyl (C=O) groups excluding carboxylic acids is 1. The van der Waals surface area contributed by atoms with Gasteiger partial charge in [0.2, 0.25) is 0 Å². The van der Waals surface area contributed by atoms with E-state index < -0.39 is 6.10 Å². The maximum atomic E-state index is 10.9. The molecule has 1 unspecified atom stereocenters. The van der Waals surface area contributed by atoms with Crippen molar-refractivity contribution < 1.29 is 19.4 Å². The first-order valence-electron chi connectivity index (χ1n) is 14.1. The zero-order valence-corrected chi connectivity index (χ0v) is 21.7. The highest BCUT2D eigenvalue weighted by atomic mass is 16.6. The molecule has 4 heteroatoms. The predicted octanol–water partition coefficient (Wildman–Crippen LogP) is 8.14. The molecule has 0 bridgehead atoms. The summed E-state index contributed by atoms with van der Waals surface area (Å²) in [6, 6.07) is 0. The Hall–Kier alpha value is -0.610. The Balaban J connectivity index is 3.11. The fourth-order valence-electron chi connectivity index (χ4n) is 4.21. The third kappa shape index (κ3) is 25.6. The van der Waals surface area contributed by atoms with Crippen molar-refractivity contribution in [1.29, 1.82) is 0 Å². The van der Waals surface area contributed by atoms with E-state index in [4.69, 9.17) is 14.6 Å². The van der Waals surface area contributed by atoms with Gasteiger partial charge in [0.15, 0.2) is 0 Å². The Kier molecular flexibility index (Phi) is 26.1. The molecule has 0 spiro atoms. The lowest BCUT2D eigenvalue weighted by Crippen LogP contribution is -2.26. The summed E-state index contributed by atoms with van der Waals surface area (Å²) in [5, 5.41) is 9.10. The number of esters is 1. The molecule has 0 aliphatic heterocycles. The summed E-state index contributed by atoms with van der Waals surface area (Å²) >= 11 is 0. The maximum Gasteiger partial charge on any atom is 0.303 e. The summed E-state index contributed by atoms with van der Waals surface area (Å²) in [6.45, 7) is 4.42. The normalized spacial score (nSPS) is 12.2. The average molecular weight is 457 g/mol. The number of hydrogen-bond donors (Lipinski definition) is 1. The second-order valence-corrected chi connectivity index (χ2v) is 9.56. The van der Waals surface area contributed by atoms with Crippen LogP contribution in [0.2, 0.25) is 0 Å². The van der Waals surface area contributed by atoms with Crippen molar-refractivity contribution in [2.75, 3.05) is 19.8 Å². The molecule has 0 aliphatic rings. The first-order chi connectivity index (χ1) is 15.7. The molecule has 0 aromatic rings. The molecule has 0 radical (unpaired) electrons. The molecule has 0 saturated carbocycles. The third-order valence-electron chi connectivity index (χ3n) is 6.23. The second-order valence-electron chi connectivity index (χ2n) is 9.56. The largest absolute Gasteiger partial charge is 0.458 e. The standard InChI is InChI=1S/C28H56O4/c1-3-4-5-6-7-8-9-10-11-12-13-14-15-16-17-18-19-20-21-22-23-24-31-26-28(25-29)32-27(2)30/h28-29H,3-26H2,1-2H3. The van der Waals surface area contributed by atoms with Gasteiger partial charge in [0.1, 0.15) is 6.10 Å². The van der Waals surface area contributed by atoms with Crippen molar-refractivity contribution in [3.8, 4) is 0 Å². The Morgan fingerprint density at radius 2 is 0.969 bits per heavy atom. The molecule has 0 rings (SSSR count). The van der Waals surface area contributed by atoms with Crippen LogP contribution in [0.25, 0.3) is 0 Å². The SMILES string of the molecule is CCCCCCCCCCCCCCCCCCCCCCCOCC(CO)OC(C)=O. The quantitative estimate of drug-likeness (QED) is 0.105. The smallest absolute Gasteiger partial charge is 0.303 e. The van der Waals surface area contributed by atoms with Crippen LogP contribution < -0.4 is 0 Å². The summed E-state index contributed by atoms with van der Waals surface area (Å²) in [5.74, 6) is -0.373. The van der Waals surface area contributed by atoms with Crippen LogP contribution in [0.4, 0.5) is 0 Å². The van der Waals surface area contributed by atoms with E-state index in [2.05, 4.69) is 6.92 Å². The summed E-state index contributed by atoms with van der Waals surface area (Å²) in [5.41, 5.74) is 0. The first kappa shape index (κ1) is 31.4. The van der Waals surface area contributed by atoms with Gasteiger partial charge in [-0.05, 0) is 6.42 Å². The highest BCUT2D eigenvalue weighted by molar-refractivity contribution is 5.66. The van der Waals surface area contributed by atoms with Gasteiger partial charge in [0.25, 0.3) is 0 Å². The molecule has 0 aromatic heterocycles. The van der Waals surface area contributed by atoms with Crippen LogP contribution >= 0.6 is 0 Å². The van der Waals surface area contributed by atoms with Gasteiger partial charge in [0, 0.05) is 13.5 Å². The summed E-state index contributed by atoms with van der Waals surface area (Å²) in [4.78, 5) is 10.9. The molecule has 32 heavy (non-hydrogen) atoms. The maximum absolute atomic E-state index is 10.9. The molecule has 0 aromatic carbocycles. The first-order valence-corrected chi connectivity index (χ1v) is 14.1. The summed E-state index contributed by atoms with van der Waals surface area (Å²) in [7, 11) is 0. The van der Waals surface area contributed by atoms with E-state index in [1.54, 1.807) is 0 Å². The van der Waals surface area contributed by atoms with Crippen LogP contribution in [0.15, 0.2) is 0 Å². The molecule has 0 amide bonds. The Labute approximate surface area is 200 Å². The topological polar surface area (TPSA) is 55.8 Å². The van der Waals surface area contributed by atoms with E-state index in [0.717, 1.165) is 6.42 Å². The van der Waals surface area contributed by atoms with Gasteiger partial charge in [-0.15, -0.1) is 0 Å². The van der Waals surface area contributed by atoms with Gasteiger partial charge in [-0.3, -0.25) is 4.79 Å².